The molecule has 0 aliphatic heterocycles. The van der Waals surface area contributed by atoms with Crippen molar-refractivity contribution in [1.82, 2.24) is 4.98 Å². The van der Waals surface area contributed by atoms with E-state index in [1.165, 1.54) is 18.3 Å². The van der Waals surface area contributed by atoms with Gasteiger partial charge in [0, 0.05) is 11.6 Å². The number of hydrogen-bond acceptors (Lipinski definition) is 2. The molecule has 1 aromatic carbocycles. The van der Waals surface area contributed by atoms with Gasteiger partial charge in [0.15, 0.2) is 11.6 Å². The van der Waals surface area contributed by atoms with Gasteiger partial charge in [-0.1, -0.05) is 0 Å². The van der Waals surface area contributed by atoms with Crippen molar-refractivity contribution < 1.29 is 13.9 Å². The van der Waals surface area contributed by atoms with Crippen LogP contribution in [0.2, 0.25) is 0 Å². The van der Waals surface area contributed by atoms with Gasteiger partial charge in [0.1, 0.15) is 11.3 Å². The Morgan fingerprint density at radius 2 is 1.92 bits per heavy atom. The van der Waals surface area contributed by atoms with E-state index >= 15 is 0 Å². The van der Waals surface area contributed by atoms with E-state index in [0.29, 0.717) is 0 Å². The van der Waals surface area contributed by atoms with E-state index < -0.39 is 11.6 Å². The zero-order valence-corrected chi connectivity index (χ0v) is 6.46. The summed E-state index contributed by atoms with van der Waals surface area (Å²) in [5.74, 6) is -2.11. The molecule has 1 aromatic heterocycles. The Labute approximate surface area is 72.5 Å². The fraction of sp³-hybridized carbons (Fsp3) is 0. The first kappa shape index (κ1) is 7.91. The summed E-state index contributed by atoms with van der Waals surface area (Å²) >= 11 is 0. The van der Waals surface area contributed by atoms with Crippen LogP contribution >= 0.6 is 0 Å². The second kappa shape index (κ2) is 2.65. The molecule has 1 heterocycles. The van der Waals surface area contributed by atoms with Gasteiger partial charge >= 0.3 is 0 Å². The minimum atomic E-state index is -1.03. The summed E-state index contributed by atoms with van der Waals surface area (Å²) in [6.45, 7) is 0. The van der Waals surface area contributed by atoms with Crippen molar-refractivity contribution in [3.63, 3.8) is 0 Å². The summed E-state index contributed by atoms with van der Waals surface area (Å²) in [7, 11) is 0. The second-order valence-electron chi connectivity index (χ2n) is 2.59. The monoisotopic (exact) mass is 181 g/mol. The summed E-state index contributed by atoms with van der Waals surface area (Å²) in [6, 6.07) is 3.56. The third-order valence-corrected chi connectivity index (χ3v) is 1.78. The summed E-state index contributed by atoms with van der Waals surface area (Å²) in [6.07, 6.45) is 1.22. The number of aromatic nitrogens is 1. The summed E-state index contributed by atoms with van der Waals surface area (Å²) < 4.78 is 25.7. The topological polar surface area (TPSA) is 33.1 Å². The minimum Gasteiger partial charge on any atom is -0.507 e. The maximum Gasteiger partial charge on any atom is 0.185 e. The molecule has 13 heavy (non-hydrogen) atoms. The number of halogens is 2. The molecule has 0 fully saturated rings. The largest absolute Gasteiger partial charge is 0.507 e. The summed E-state index contributed by atoms with van der Waals surface area (Å²) in [5, 5.41) is 9.47. The van der Waals surface area contributed by atoms with E-state index in [1.807, 2.05) is 0 Å². The molecule has 2 aromatic rings. The van der Waals surface area contributed by atoms with Crippen LogP contribution in [0.3, 0.4) is 0 Å². The molecule has 0 aliphatic rings. The molecular weight excluding hydrogens is 176 g/mol. The molecule has 4 heteroatoms. The van der Waals surface area contributed by atoms with E-state index in [2.05, 4.69) is 4.98 Å². The molecule has 0 radical (unpaired) electrons. The molecule has 66 valence electrons. The number of pyridine rings is 1. The summed E-state index contributed by atoms with van der Waals surface area (Å²) in [5.41, 5.74) is -0.153. The van der Waals surface area contributed by atoms with Crippen LogP contribution in [-0.4, -0.2) is 10.1 Å². The molecule has 0 amide bonds. The fourth-order valence-electron chi connectivity index (χ4n) is 1.15. The van der Waals surface area contributed by atoms with E-state index in [-0.39, 0.29) is 16.7 Å². The van der Waals surface area contributed by atoms with E-state index in [9.17, 15) is 13.9 Å². The Kier molecular flexibility index (Phi) is 1.62. The standard InChI is InChI=1S/C9H5F2NO/c10-6-2-1-5-7(13)3-4-12-9(5)8(6)11/h1-4H,(H,12,13). The number of nitrogens with zero attached hydrogens (tertiary/aromatic N) is 1. The minimum absolute atomic E-state index is 0.107. The highest BCUT2D eigenvalue weighted by molar-refractivity contribution is 5.84. The normalized spacial score (nSPS) is 10.6. The zero-order valence-electron chi connectivity index (χ0n) is 6.46. The Morgan fingerprint density at radius 1 is 1.15 bits per heavy atom. The molecule has 0 saturated heterocycles. The van der Waals surface area contributed by atoms with Gasteiger partial charge < -0.3 is 5.11 Å². The molecule has 0 aliphatic carbocycles. The van der Waals surface area contributed by atoms with Gasteiger partial charge in [-0.15, -0.1) is 0 Å². The number of aromatic hydroxyl groups is 1. The van der Waals surface area contributed by atoms with Gasteiger partial charge in [0.25, 0.3) is 0 Å². The lowest BCUT2D eigenvalue weighted by molar-refractivity contribution is 0.479. The van der Waals surface area contributed by atoms with Gasteiger partial charge in [-0.2, -0.15) is 0 Å². The Balaban J connectivity index is 2.94. The molecule has 0 atom stereocenters. The highest BCUT2D eigenvalue weighted by Gasteiger charge is 2.09. The van der Waals surface area contributed by atoms with Crippen LogP contribution < -0.4 is 0 Å². The molecule has 2 rings (SSSR count). The number of fused-ring (bicyclic) bond motifs is 1. The lowest BCUT2D eigenvalue weighted by atomic mass is 10.2. The third kappa shape index (κ3) is 1.11. The lowest BCUT2D eigenvalue weighted by Crippen LogP contribution is -1.88. The van der Waals surface area contributed by atoms with E-state index in [0.717, 1.165) is 6.07 Å². The van der Waals surface area contributed by atoms with Crippen LogP contribution in [0.15, 0.2) is 24.4 Å². The van der Waals surface area contributed by atoms with Crippen molar-refractivity contribution in [3.8, 4) is 5.75 Å². The summed E-state index contributed by atoms with van der Waals surface area (Å²) in [4.78, 5) is 3.63. The van der Waals surface area contributed by atoms with Crippen LogP contribution in [-0.2, 0) is 0 Å². The predicted molar refractivity (Wildman–Crippen MR) is 43.3 cm³/mol. The maximum absolute atomic E-state index is 13.0. The van der Waals surface area contributed by atoms with Crippen molar-refractivity contribution in [2.45, 2.75) is 0 Å². The van der Waals surface area contributed by atoms with Crippen LogP contribution in [0.4, 0.5) is 8.78 Å². The van der Waals surface area contributed by atoms with Crippen molar-refractivity contribution in [2.24, 2.45) is 0 Å². The van der Waals surface area contributed by atoms with E-state index in [1.54, 1.807) is 0 Å². The molecule has 0 saturated carbocycles. The zero-order chi connectivity index (χ0) is 9.42. The molecule has 0 bridgehead atoms. The first-order valence-corrected chi connectivity index (χ1v) is 3.62. The first-order chi connectivity index (χ1) is 6.20. The molecule has 0 spiro atoms. The van der Waals surface area contributed by atoms with Crippen LogP contribution in [0.25, 0.3) is 10.9 Å². The van der Waals surface area contributed by atoms with Crippen LogP contribution in [0.5, 0.6) is 5.75 Å². The Hall–Kier alpha value is -1.71. The SMILES string of the molecule is Oc1ccnc2c(F)c(F)ccc12. The fourth-order valence-corrected chi connectivity index (χ4v) is 1.15. The third-order valence-electron chi connectivity index (χ3n) is 1.78. The average molecular weight is 181 g/mol. The van der Waals surface area contributed by atoms with Gasteiger partial charge in [-0.3, -0.25) is 4.98 Å². The van der Waals surface area contributed by atoms with Gasteiger partial charge in [-0.05, 0) is 18.2 Å². The molecular formula is C9H5F2NO. The van der Waals surface area contributed by atoms with Crippen LogP contribution in [0.1, 0.15) is 0 Å². The van der Waals surface area contributed by atoms with Crippen molar-refractivity contribution in [2.75, 3.05) is 0 Å². The van der Waals surface area contributed by atoms with Crippen molar-refractivity contribution in [1.29, 1.82) is 0 Å². The average Bonchev–Trinajstić information content (AvgIpc) is 2.12. The highest BCUT2D eigenvalue weighted by Crippen LogP contribution is 2.25. The molecule has 1 N–H and O–H groups in total. The number of benzene rings is 1. The van der Waals surface area contributed by atoms with Gasteiger partial charge in [0.2, 0.25) is 0 Å². The van der Waals surface area contributed by atoms with E-state index in [4.69, 9.17) is 0 Å². The van der Waals surface area contributed by atoms with Gasteiger partial charge in [0.05, 0.1) is 0 Å². The first-order valence-electron chi connectivity index (χ1n) is 3.62. The smallest absolute Gasteiger partial charge is 0.185 e. The molecule has 2 nitrogen and oxygen atoms in total. The number of hydrogen-bond donors (Lipinski definition) is 1. The second-order valence-corrected chi connectivity index (χ2v) is 2.59. The predicted octanol–water partition coefficient (Wildman–Crippen LogP) is 2.22. The van der Waals surface area contributed by atoms with Crippen molar-refractivity contribution in [3.05, 3.63) is 36.0 Å². The Morgan fingerprint density at radius 3 is 2.69 bits per heavy atom. The van der Waals surface area contributed by atoms with Crippen molar-refractivity contribution >= 4 is 10.9 Å². The molecule has 0 unspecified atom stereocenters. The van der Waals surface area contributed by atoms with Gasteiger partial charge in [-0.25, -0.2) is 8.78 Å². The maximum atomic E-state index is 13.0. The Bertz CT molecular complexity index is 470. The number of rotatable bonds is 0. The lowest BCUT2D eigenvalue weighted by Gasteiger charge is -2.00. The highest BCUT2D eigenvalue weighted by atomic mass is 19.2. The van der Waals surface area contributed by atoms with Crippen LogP contribution in [0, 0.1) is 11.6 Å². The quantitative estimate of drug-likeness (QED) is 0.675.